The molecule has 0 aliphatic carbocycles. The van der Waals surface area contributed by atoms with E-state index >= 15 is 0 Å². The molecule has 0 aromatic heterocycles. The number of ether oxygens (including phenoxy) is 1. The largest absolute Gasteiger partial charge is 0.496 e. The molecule has 3 nitrogen and oxygen atoms in total. The van der Waals surface area contributed by atoms with Crippen LogP contribution in [-0.2, 0) is 6.42 Å². The molecule has 1 aliphatic heterocycles. The zero-order chi connectivity index (χ0) is 14.8. The maximum absolute atomic E-state index is 10.7. The van der Waals surface area contributed by atoms with Crippen molar-refractivity contribution in [3.63, 3.8) is 0 Å². The third-order valence-electron chi connectivity index (χ3n) is 4.20. The number of aliphatic hydroxyl groups excluding tert-OH is 1. The van der Waals surface area contributed by atoms with Crippen molar-refractivity contribution in [2.45, 2.75) is 18.9 Å². The van der Waals surface area contributed by atoms with Gasteiger partial charge < -0.3 is 14.7 Å². The van der Waals surface area contributed by atoms with Gasteiger partial charge in [-0.25, -0.2) is 0 Å². The van der Waals surface area contributed by atoms with Crippen LogP contribution in [0.1, 0.15) is 29.2 Å². The van der Waals surface area contributed by atoms with Crippen LogP contribution >= 0.6 is 0 Å². The third kappa shape index (κ3) is 2.61. The summed E-state index contributed by atoms with van der Waals surface area (Å²) < 4.78 is 5.35. The molecule has 2 aromatic rings. The van der Waals surface area contributed by atoms with Crippen molar-refractivity contribution in [1.82, 2.24) is 0 Å². The minimum Gasteiger partial charge on any atom is -0.496 e. The van der Waals surface area contributed by atoms with Crippen molar-refractivity contribution in [3.05, 3.63) is 59.2 Å². The minimum absolute atomic E-state index is 0.654. The van der Waals surface area contributed by atoms with Crippen molar-refractivity contribution in [2.75, 3.05) is 25.6 Å². The number of para-hydroxylation sites is 1. The Kier molecular flexibility index (Phi) is 3.84. The Bertz CT molecular complexity index is 639. The van der Waals surface area contributed by atoms with Gasteiger partial charge >= 0.3 is 0 Å². The third-order valence-corrected chi connectivity index (χ3v) is 4.20. The molecule has 3 heteroatoms. The number of hydrogen-bond acceptors (Lipinski definition) is 3. The highest BCUT2D eigenvalue weighted by Crippen LogP contribution is 2.33. The molecular weight excluding hydrogens is 262 g/mol. The Balaban J connectivity index is 1.97. The van der Waals surface area contributed by atoms with Crippen LogP contribution in [0.5, 0.6) is 5.75 Å². The van der Waals surface area contributed by atoms with Crippen LogP contribution < -0.4 is 9.64 Å². The molecule has 3 rings (SSSR count). The second-order valence-corrected chi connectivity index (χ2v) is 5.56. The zero-order valence-electron chi connectivity index (χ0n) is 12.5. The first-order chi connectivity index (χ1) is 10.2. The lowest BCUT2D eigenvalue weighted by molar-refractivity contribution is 0.214. The van der Waals surface area contributed by atoms with Crippen molar-refractivity contribution >= 4 is 5.69 Å². The Hall–Kier alpha value is -2.00. The second-order valence-electron chi connectivity index (χ2n) is 5.56. The molecule has 0 saturated heterocycles. The van der Waals surface area contributed by atoms with Gasteiger partial charge in [0.15, 0.2) is 0 Å². The summed E-state index contributed by atoms with van der Waals surface area (Å²) in [6.07, 6.45) is 1.59. The molecule has 0 amide bonds. The number of rotatable bonds is 3. The normalized spacial score (nSPS) is 15.5. The Labute approximate surface area is 125 Å². The fraction of sp³-hybridized carbons (Fsp3) is 0.333. The number of aryl methyl sites for hydroxylation is 1. The molecule has 21 heavy (non-hydrogen) atoms. The summed E-state index contributed by atoms with van der Waals surface area (Å²) in [7, 11) is 3.75. The van der Waals surface area contributed by atoms with Crippen LogP contribution in [0.25, 0.3) is 0 Å². The molecule has 0 bridgehead atoms. The number of methoxy groups -OCH3 is 1. The number of nitrogens with zero attached hydrogens (tertiary/aromatic N) is 1. The Morgan fingerprint density at radius 2 is 2.00 bits per heavy atom. The summed E-state index contributed by atoms with van der Waals surface area (Å²) in [4.78, 5) is 2.28. The van der Waals surface area contributed by atoms with Crippen molar-refractivity contribution < 1.29 is 9.84 Å². The highest BCUT2D eigenvalue weighted by atomic mass is 16.5. The predicted octanol–water partition coefficient (Wildman–Crippen LogP) is 3.16. The molecule has 1 unspecified atom stereocenters. The van der Waals surface area contributed by atoms with Crippen molar-refractivity contribution in [3.8, 4) is 5.75 Å². The minimum atomic E-state index is -0.654. The highest BCUT2D eigenvalue weighted by Gasteiger charge is 2.19. The molecule has 0 fully saturated rings. The van der Waals surface area contributed by atoms with Crippen LogP contribution in [0.3, 0.4) is 0 Å². The summed E-state index contributed by atoms with van der Waals surface area (Å²) in [5, 5.41) is 10.7. The van der Waals surface area contributed by atoms with Crippen molar-refractivity contribution in [1.29, 1.82) is 0 Å². The maximum Gasteiger partial charge on any atom is 0.125 e. The van der Waals surface area contributed by atoms with E-state index in [1.807, 2.05) is 30.3 Å². The van der Waals surface area contributed by atoms with Crippen LogP contribution in [-0.4, -0.2) is 25.8 Å². The highest BCUT2D eigenvalue weighted by molar-refractivity contribution is 5.57. The summed E-state index contributed by atoms with van der Waals surface area (Å²) in [6.45, 7) is 1.10. The van der Waals surface area contributed by atoms with Gasteiger partial charge in [0, 0.05) is 24.8 Å². The number of aliphatic hydroxyl groups is 1. The fourth-order valence-electron chi connectivity index (χ4n) is 3.05. The van der Waals surface area contributed by atoms with E-state index in [2.05, 4.69) is 24.1 Å². The summed E-state index contributed by atoms with van der Waals surface area (Å²) in [5.41, 5.74) is 4.32. The van der Waals surface area contributed by atoms with Crippen LogP contribution in [0.4, 0.5) is 5.69 Å². The first-order valence-corrected chi connectivity index (χ1v) is 7.35. The maximum atomic E-state index is 10.7. The molecule has 0 saturated carbocycles. The lowest BCUT2D eigenvalue weighted by atomic mass is 9.94. The first-order valence-electron chi connectivity index (χ1n) is 7.35. The summed E-state index contributed by atoms with van der Waals surface area (Å²) in [6, 6.07) is 13.9. The Morgan fingerprint density at radius 3 is 2.81 bits per heavy atom. The summed E-state index contributed by atoms with van der Waals surface area (Å²) in [5.74, 6) is 0.722. The molecular formula is C18H21NO2. The quantitative estimate of drug-likeness (QED) is 0.939. The number of benzene rings is 2. The lowest BCUT2D eigenvalue weighted by Crippen LogP contribution is -2.24. The van der Waals surface area contributed by atoms with Crippen LogP contribution in [0.2, 0.25) is 0 Å². The van der Waals surface area contributed by atoms with Gasteiger partial charge in [0.05, 0.1) is 7.11 Å². The van der Waals surface area contributed by atoms with Gasteiger partial charge in [-0.3, -0.25) is 0 Å². The van der Waals surface area contributed by atoms with E-state index < -0.39 is 6.10 Å². The van der Waals surface area contributed by atoms with E-state index in [1.165, 1.54) is 11.3 Å². The fourth-order valence-corrected chi connectivity index (χ4v) is 3.05. The van der Waals surface area contributed by atoms with Gasteiger partial charge in [-0.15, -0.1) is 0 Å². The van der Waals surface area contributed by atoms with E-state index in [-0.39, 0.29) is 0 Å². The second kappa shape index (κ2) is 5.78. The van der Waals surface area contributed by atoms with Gasteiger partial charge in [-0.05, 0) is 36.1 Å². The van der Waals surface area contributed by atoms with E-state index in [4.69, 9.17) is 4.74 Å². The van der Waals surface area contributed by atoms with Gasteiger partial charge in [0.2, 0.25) is 0 Å². The van der Waals surface area contributed by atoms with Crippen LogP contribution in [0.15, 0.2) is 42.5 Å². The van der Waals surface area contributed by atoms with Crippen LogP contribution in [0, 0.1) is 0 Å². The van der Waals surface area contributed by atoms with Gasteiger partial charge in [-0.1, -0.05) is 30.3 Å². The molecule has 1 N–H and O–H groups in total. The van der Waals surface area contributed by atoms with Crippen molar-refractivity contribution in [2.24, 2.45) is 0 Å². The standard InChI is InChI=1S/C18H21NO2/c1-19-11-5-6-13-12-14(9-10-16(13)19)18(20)15-7-3-4-8-17(15)21-2/h3-4,7-10,12,18,20H,5-6,11H2,1-2H3. The predicted molar refractivity (Wildman–Crippen MR) is 85.1 cm³/mol. The first kappa shape index (κ1) is 14.0. The van der Waals surface area contributed by atoms with Gasteiger partial charge in [-0.2, -0.15) is 0 Å². The van der Waals surface area contributed by atoms with E-state index in [0.717, 1.165) is 36.3 Å². The van der Waals surface area contributed by atoms with E-state index in [1.54, 1.807) is 7.11 Å². The van der Waals surface area contributed by atoms with E-state index in [0.29, 0.717) is 0 Å². The van der Waals surface area contributed by atoms with Gasteiger partial charge in [0.1, 0.15) is 11.9 Å². The molecule has 1 aliphatic rings. The van der Waals surface area contributed by atoms with E-state index in [9.17, 15) is 5.11 Å². The molecule has 1 heterocycles. The molecule has 110 valence electrons. The SMILES string of the molecule is COc1ccccc1C(O)c1ccc2c(c1)CCCN2C. The average molecular weight is 283 g/mol. The molecule has 2 aromatic carbocycles. The number of fused-ring (bicyclic) bond motifs is 1. The molecule has 1 atom stereocenters. The average Bonchev–Trinajstić information content (AvgIpc) is 2.54. The smallest absolute Gasteiger partial charge is 0.125 e. The number of anilines is 1. The zero-order valence-corrected chi connectivity index (χ0v) is 12.5. The van der Waals surface area contributed by atoms with Gasteiger partial charge in [0.25, 0.3) is 0 Å². The number of hydrogen-bond donors (Lipinski definition) is 1. The monoisotopic (exact) mass is 283 g/mol. The lowest BCUT2D eigenvalue weighted by Gasteiger charge is -2.28. The topological polar surface area (TPSA) is 32.7 Å². The molecule has 0 radical (unpaired) electrons. The summed E-state index contributed by atoms with van der Waals surface area (Å²) >= 11 is 0. The Morgan fingerprint density at radius 1 is 1.19 bits per heavy atom. The molecule has 0 spiro atoms.